The van der Waals surface area contributed by atoms with Crippen LogP contribution in [0.15, 0.2) is 51.6 Å². The molecule has 0 spiro atoms. The SMILES string of the molecule is C[C@]1(c2cccc(C#N)c2)NC(=O)N(Cc2nc(-c3ccco3)no2)C1=O. The number of hydrogen-bond acceptors (Lipinski definition) is 7. The maximum atomic E-state index is 12.9. The molecule has 0 bridgehead atoms. The van der Waals surface area contributed by atoms with Crippen LogP contribution < -0.4 is 5.32 Å². The van der Waals surface area contributed by atoms with Gasteiger partial charge in [0.25, 0.3) is 5.91 Å². The second kappa shape index (κ2) is 6.10. The van der Waals surface area contributed by atoms with Crippen molar-refractivity contribution in [1.82, 2.24) is 20.4 Å². The number of urea groups is 1. The minimum absolute atomic E-state index is 0.0972. The van der Waals surface area contributed by atoms with Crippen LogP contribution in [0.1, 0.15) is 23.9 Å². The molecule has 0 radical (unpaired) electrons. The van der Waals surface area contributed by atoms with Crippen LogP contribution in [-0.2, 0) is 16.9 Å². The van der Waals surface area contributed by atoms with Gasteiger partial charge in [0.2, 0.25) is 11.7 Å². The Balaban J connectivity index is 1.59. The summed E-state index contributed by atoms with van der Waals surface area (Å²) in [6.45, 7) is 1.41. The van der Waals surface area contributed by atoms with Gasteiger partial charge in [-0.15, -0.1) is 0 Å². The molecular formula is C18H13N5O4. The molecule has 1 aliphatic heterocycles. The topological polar surface area (TPSA) is 125 Å². The number of rotatable bonds is 4. The average molecular weight is 363 g/mol. The summed E-state index contributed by atoms with van der Waals surface area (Å²) in [5.41, 5.74) is -0.369. The summed E-state index contributed by atoms with van der Waals surface area (Å²) in [6.07, 6.45) is 1.48. The summed E-state index contributed by atoms with van der Waals surface area (Å²) in [4.78, 5) is 30.5. The number of carbonyl (C=O) groups is 2. The molecule has 0 aliphatic carbocycles. The van der Waals surface area contributed by atoms with Crippen LogP contribution in [0.25, 0.3) is 11.6 Å². The fraction of sp³-hybridized carbons (Fsp3) is 0.167. The minimum Gasteiger partial charge on any atom is -0.461 e. The van der Waals surface area contributed by atoms with Crippen LogP contribution in [0.2, 0.25) is 0 Å². The van der Waals surface area contributed by atoms with Gasteiger partial charge in [-0.1, -0.05) is 17.3 Å². The zero-order valence-corrected chi connectivity index (χ0v) is 14.2. The number of nitrogens with one attached hydrogen (secondary N) is 1. The van der Waals surface area contributed by atoms with Gasteiger partial charge < -0.3 is 14.3 Å². The van der Waals surface area contributed by atoms with E-state index in [1.807, 2.05) is 6.07 Å². The Morgan fingerprint density at radius 2 is 2.15 bits per heavy atom. The highest BCUT2D eigenvalue weighted by Crippen LogP contribution is 2.30. The van der Waals surface area contributed by atoms with Crippen LogP contribution in [-0.4, -0.2) is 27.0 Å². The van der Waals surface area contributed by atoms with Crippen LogP contribution in [0, 0.1) is 11.3 Å². The zero-order chi connectivity index (χ0) is 19.0. The molecule has 2 aromatic heterocycles. The average Bonchev–Trinajstić information content (AvgIpc) is 3.40. The van der Waals surface area contributed by atoms with E-state index in [0.29, 0.717) is 16.9 Å². The number of amides is 3. The first-order chi connectivity index (χ1) is 13.0. The molecule has 3 heterocycles. The highest BCUT2D eigenvalue weighted by molar-refractivity contribution is 6.07. The number of nitriles is 1. The molecule has 134 valence electrons. The molecule has 0 unspecified atom stereocenters. The molecule has 1 aliphatic rings. The Hall–Kier alpha value is -3.93. The van der Waals surface area contributed by atoms with Gasteiger partial charge in [0, 0.05) is 0 Å². The van der Waals surface area contributed by atoms with Crippen molar-refractivity contribution in [2.75, 3.05) is 0 Å². The number of nitrogens with zero attached hydrogens (tertiary/aromatic N) is 4. The number of furan rings is 1. The van der Waals surface area contributed by atoms with E-state index >= 15 is 0 Å². The van der Waals surface area contributed by atoms with E-state index in [-0.39, 0.29) is 18.3 Å². The molecule has 1 atom stereocenters. The van der Waals surface area contributed by atoms with Gasteiger partial charge in [-0.3, -0.25) is 9.69 Å². The third kappa shape index (κ3) is 2.73. The van der Waals surface area contributed by atoms with E-state index in [4.69, 9.17) is 14.2 Å². The number of benzene rings is 1. The Bertz CT molecular complexity index is 1070. The van der Waals surface area contributed by atoms with Gasteiger partial charge >= 0.3 is 6.03 Å². The summed E-state index contributed by atoms with van der Waals surface area (Å²) in [5, 5.41) is 15.5. The van der Waals surface area contributed by atoms with E-state index in [1.165, 1.54) is 6.26 Å². The van der Waals surface area contributed by atoms with E-state index < -0.39 is 17.5 Å². The largest absolute Gasteiger partial charge is 0.461 e. The molecule has 3 aromatic rings. The molecule has 1 aromatic carbocycles. The minimum atomic E-state index is -1.28. The lowest BCUT2D eigenvalue weighted by atomic mass is 9.91. The Morgan fingerprint density at radius 3 is 2.89 bits per heavy atom. The summed E-state index contributed by atoms with van der Waals surface area (Å²) in [7, 11) is 0. The third-order valence-electron chi connectivity index (χ3n) is 4.35. The number of aromatic nitrogens is 2. The standard InChI is InChI=1S/C18H13N5O4/c1-18(12-5-2-4-11(8-12)9-19)16(24)23(17(25)21-18)10-14-20-15(22-27-14)13-6-3-7-26-13/h2-8H,10H2,1H3,(H,21,25)/t18-/m1/s1. The van der Waals surface area contributed by atoms with Crippen molar-refractivity contribution in [2.24, 2.45) is 0 Å². The zero-order valence-electron chi connectivity index (χ0n) is 14.2. The van der Waals surface area contributed by atoms with Gasteiger partial charge in [0.15, 0.2) is 5.76 Å². The first-order valence-corrected chi connectivity index (χ1v) is 8.02. The fourth-order valence-corrected chi connectivity index (χ4v) is 2.90. The van der Waals surface area contributed by atoms with Crippen molar-refractivity contribution in [3.8, 4) is 17.7 Å². The molecule has 3 amide bonds. The van der Waals surface area contributed by atoms with Crippen LogP contribution in [0.5, 0.6) is 0 Å². The maximum absolute atomic E-state index is 12.9. The Kier molecular flexibility index (Phi) is 3.74. The summed E-state index contributed by atoms with van der Waals surface area (Å²) in [6, 6.07) is 11.3. The van der Waals surface area contributed by atoms with Crippen molar-refractivity contribution in [1.29, 1.82) is 5.26 Å². The van der Waals surface area contributed by atoms with Crippen molar-refractivity contribution in [3.63, 3.8) is 0 Å². The van der Waals surface area contributed by atoms with Gasteiger partial charge in [-0.25, -0.2) is 4.79 Å². The molecule has 1 N–H and O–H groups in total. The lowest BCUT2D eigenvalue weighted by Crippen LogP contribution is -2.40. The lowest BCUT2D eigenvalue weighted by molar-refractivity contribution is -0.131. The van der Waals surface area contributed by atoms with Crippen molar-refractivity contribution in [3.05, 3.63) is 59.7 Å². The van der Waals surface area contributed by atoms with Crippen LogP contribution in [0.4, 0.5) is 4.79 Å². The second-order valence-corrected chi connectivity index (χ2v) is 6.13. The van der Waals surface area contributed by atoms with E-state index in [1.54, 1.807) is 43.3 Å². The van der Waals surface area contributed by atoms with Gasteiger partial charge in [0.1, 0.15) is 12.1 Å². The summed E-state index contributed by atoms with van der Waals surface area (Å²) < 4.78 is 10.3. The van der Waals surface area contributed by atoms with Gasteiger partial charge in [-0.2, -0.15) is 10.2 Å². The quantitative estimate of drug-likeness (QED) is 0.704. The Morgan fingerprint density at radius 1 is 1.30 bits per heavy atom. The molecule has 9 heteroatoms. The maximum Gasteiger partial charge on any atom is 0.325 e. The molecule has 4 rings (SSSR count). The highest BCUT2D eigenvalue weighted by Gasteiger charge is 2.49. The van der Waals surface area contributed by atoms with Gasteiger partial charge in [-0.05, 0) is 36.8 Å². The smallest absolute Gasteiger partial charge is 0.325 e. The number of imide groups is 1. The van der Waals surface area contributed by atoms with Gasteiger partial charge in [0.05, 0.1) is 17.9 Å². The summed E-state index contributed by atoms with van der Waals surface area (Å²) in [5.74, 6) is 0.271. The van der Waals surface area contributed by atoms with Crippen LogP contribution in [0.3, 0.4) is 0 Å². The fourth-order valence-electron chi connectivity index (χ4n) is 2.90. The van der Waals surface area contributed by atoms with Crippen molar-refractivity contribution in [2.45, 2.75) is 19.0 Å². The van der Waals surface area contributed by atoms with E-state index in [2.05, 4.69) is 15.5 Å². The first-order valence-electron chi connectivity index (χ1n) is 8.02. The molecular weight excluding hydrogens is 350 g/mol. The number of carbonyl (C=O) groups excluding carboxylic acids is 2. The third-order valence-corrected chi connectivity index (χ3v) is 4.35. The predicted molar refractivity (Wildman–Crippen MR) is 89.6 cm³/mol. The molecule has 9 nitrogen and oxygen atoms in total. The molecule has 27 heavy (non-hydrogen) atoms. The van der Waals surface area contributed by atoms with Crippen molar-refractivity contribution < 1.29 is 18.5 Å². The number of hydrogen-bond donors (Lipinski definition) is 1. The second-order valence-electron chi connectivity index (χ2n) is 6.13. The summed E-state index contributed by atoms with van der Waals surface area (Å²) >= 11 is 0. The van der Waals surface area contributed by atoms with E-state index in [9.17, 15) is 9.59 Å². The first kappa shape index (κ1) is 16.5. The predicted octanol–water partition coefficient (Wildman–Crippen LogP) is 2.17. The molecule has 1 saturated heterocycles. The highest BCUT2D eigenvalue weighted by atomic mass is 16.5. The Labute approximate surface area is 153 Å². The lowest BCUT2D eigenvalue weighted by Gasteiger charge is -2.22. The monoisotopic (exact) mass is 363 g/mol. The molecule has 1 fully saturated rings. The molecule has 0 saturated carbocycles. The normalized spacial score (nSPS) is 19.2. The van der Waals surface area contributed by atoms with Crippen molar-refractivity contribution >= 4 is 11.9 Å². The van der Waals surface area contributed by atoms with Crippen LogP contribution >= 0.6 is 0 Å². The van der Waals surface area contributed by atoms with E-state index in [0.717, 1.165) is 4.90 Å².